The van der Waals surface area contributed by atoms with Crippen molar-refractivity contribution in [3.63, 3.8) is 0 Å². The molecule has 12 heteroatoms. The Morgan fingerprint density at radius 3 is 2.50 bits per heavy atom. The van der Waals surface area contributed by atoms with Gasteiger partial charge in [0.05, 0.1) is 29.7 Å². The summed E-state index contributed by atoms with van der Waals surface area (Å²) in [4.78, 5) is 58.9. The number of carbonyl (C=O) groups excluding carboxylic acids is 3. The summed E-state index contributed by atoms with van der Waals surface area (Å²) in [5, 5.41) is 5.82. The summed E-state index contributed by atoms with van der Waals surface area (Å²) >= 11 is 6.30. The third-order valence-corrected chi connectivity index (χ3v) is 13.9. The SMILES string of the molecule is COc1cc([C@H]2c3sc(=O)[nH]c3SC3C2[C@H]2C[C@@H]3C3C(=O)N(c4ccc(Br)cc4)C(=O)C32)ccc1OCC(=O)Nc1cccc2ccccc12. The molecule has 1 saturated heterocycles. The topological polar surface area (TPSA) is 118 Å². The highest BCUT2D eigenvalue weighted by molar-refractivity contribution is 9.10. The van der Waals surface area contributed by atoms with Crippen molar-refractivity contribution in [1.82, 2.24) is 4.98 Å². The van der Waals surface area contributed by atoms with Gasteiger partial charge >= 0.3 is 4.87 Å². The lowest BCUT2D eigenvalue weighted by Crippen LogP contribution is -2.42. The Labute approximate surface area is 303 Å². The maximum atomic E-state index is 14.1. The molecule has 252 valence electrons. The number of ether oxygens (including phenoxy) is 2. The van der Waals surface area contributed by atoms with Crippen molar-refractivity contribution >= 4 is 78.9 Å². The van der Waals surface area contributed by atoms with Crippen molar-refractivity contribution in [3.05, 3.63) is 110 Å². The zero-order chi connectivity index (χ0) is 34.3. The van der Waals surface area contributed by atoms with E-state index in [0.29, 0.717) is 22.9 Å². The number of thiazole rings is 1. The minimum absolute atomic E-state index is 0.0145. The highest BCUT2D eigenvalue weighted by atomic mass is 79.9. The Morgan fingerprint density at radius 2 is 1.70 bits per heavy atom. The number of rotatable bonds is 7. The number of H-pyrrole nitrogens is 1. The van der Waals surface area contributed by atoms with Gasteiger partial charge in [0.25, 0.3) is 5.91 Å². The fourth-order valence-electron chi connectivity index (χ4n) is 8.90. The van der Waals surface area contributed by atoms with E-state index in [1.54, 1.807) is 37.1 Å². The molecule has 7 atom stereocenters. The average Bonchev–Trinajstić information content (AvgIpc) is 3.86. The number of thioether (sulfide) groups is 1. The van der Waals surface area contributed by atoms with Crippen LogP contribution in [-0.4, -0.2) is 41.7 Å². The molecule has 9 nitrogen and oxygen atoms in total. The molecule has 4 unspecified atom stereocenters. The third-order valence-electron chi connectivity index (χ3n) is 10.8. The van der Waals surface area contributed by atoms with Crippen LogP contribution in [0.5, 0.6) is 11.5 Å². The fourth-order valence-corrected chi connectivity index (χ4v) is 12.0. The summed E-state index contributed by atoms with van der Waals surface area (Å²) in [6, 6.07) is 26.6. The number of aromatic amines is 1. The minimum Gasteiger partial charge on any atom is -0.493 e. The van der Waals surface area contributed by atoms with E-state index < -0.39 is 5.92 Å². The average molecular weight is 769 g/mol. The van der Waals surface area contributed by atoms with Crippen LogP contribution in [0.25, 0.3) is 10.8 Å². The first-order valence-corrected chi connectivity index (χ1v) is 18.9. The fraction of sp³-hybridized carbons (Fsp3) is 0.263. The molecule has 2 aliphatic heterocycles. The number of carbonyl (C=O) groups is 3. The zero-order valence-electron chi connectivity index (χ0n) is 26.6. The van der Waals surface area contributed by atoms with Gasteiger partial charge in [-0.1, -0.05) is 69.7 Å². The summed E-state index contributed by atoms with van der Waals surface area (Å²) in [5.74, 6) is -0.590. The number of anilines is 2. The Hall–Kier alpha value is -4.39. The van der Waals surface area contributed by atoms with E-state index in [1.165, 1.54) is 16.2 Å². The summed E-state index contributed by atoms with van der Waals surface area (Å²) < 4.78 is 12.6. The quantitative estimate of drug-likeness (QED) is 0.171. The van der Waals surface area contributed by atoms with Gasteiger partial charge in [0, 0.05) is 31.6 Å². The van der Waals surface area contributed by atoms with Crippen LogP contribution in [0, 0.1) is 29.6 Å². The number of aromatic nitrogens is 1. The van der Waals surface area contributed by atoms with Gasteiger partial charge < -0.3 is 19.8 Å². The van der Waals surface area contributed by atoms with Gasteiger partial charge in [0.15, 0.2) is 18.1 Å². The van der Waals surface area contributed by atoms with Crippen molar-refractivity contribution in [3.8, 4) is 11.5 Å². The van der Waals surface area contributed by atoms with E-state index in [-0.39, 0.29) is 64.0 Å². The number of fused-ring (bicyclic) bond motifs is 10. The van der Waals surface area contributed by atoms with Crippen molar-refractivity contribution in [2.75, 3.05) is 23.9 Å². The van der Waals surface area contributed by atoms with Crippen LogP contribution >= 0.6 is 39.0 Å². The number of imide groups is 1. The molecule has 2 aliphatic carbocycles. The van der Waals surface area contributed by atoms with E-state index in [0.717, 1.165) is 37.1 Å². The summed E-state index contributed by atoms with van der Waals surface area (Å²) in [7, 11) is 1.56. The van der Waals surface area contributed by atoms with Crippen molar-refractivity contribution in [1.29, 1.82) is 0 Å². The molecule has 4 aromatic carbocycles. The minimum atomic E-state index is -0.400. The van der Waals surface area contributed by atoms with E-state index >= 15 is 0 Å². The largest absolute Gasteiger partial charge is 0.493 e. The van der Waals surface area contributed by atoms with Crippen LogP contribution in [0.3, 0.4) is 0 Å². The first-order valence-electron chi connectivity index (χ1n) is 16.4. The van der Waals surface area contributed by atoms with Crippen LogP contribution in [0.4, 0.5) is 11.4 Å². The molecule has 2 bridgehead atoms. The van der Waals surface area contributed by atoms with Gasteiger partial charge in [-0.15, -0.1) is 11.8 Å². The number of nitrogens with one attached hydrogen (secondary N) is 2. The van der Waals surface area contributed by atoms with Crippen LogP contribution in [0.1, 0.15) is 22.8 Å². The van der Waals surface area contributed by atoms with Crippen LogP contribution in [-0.2, 0) is 14.4 Å². The Balaban J connectivity index is 1.00. The number of hydrogen-bond donors (Lipinski definition) is 2. The zero-order valence-corrected chi connectivity index (χ0v) is 29.8. The van der Waals surface area contributed by atoms with Crippen LogP contribution < -0.4 is 24.6 Å². The number of halogens is 1. The molecule has 5 aromatic rings. The van der Waals surface area contributed by atoms with Crippen LogP contribution in [0.15, 0.2) is 99.2 Å². The Kier molecular flexibility index (Phi) is 7.67. The molecule has 3 amide bonds. The molecule has 3 heterocycles. The number of benzene rings is 4. The third kappa shape index (κ3) is 4.94. The standard InChI is InChI=1S/C38H30BrN3O6S2/c1-47-27-15-19(9-14-26(27)48-17-28(43)40-25-8-4-6-18-5-2-3-7-22(18)25)29-30-23-16-24(33(30)49-35-34(29)50-38(46)41-35)32-31(23)36(44)42(37(32)45)21-12-10-20(39)11-13-21/h2-15,23-24,29-33H,16-17H2,1H3,(H,40,43)(H,41,46)/t23-,24-,29-,30?,31?,32?,33?/m1/s1. The van der Waals surface area contributed by atoms with Gasteiger partial charge in [-0.05, 0) is 77.6 Å². The molecule has 9 rings (SSSR count). The smallest absolute Gasteiger partial charge is 0.305 e. The highest BCUT2D eigenvalue weighted by Crippen LogP contribution is 2.68. The highest BCUT2D eigenvalue weighted by Gasteiger charge is 2.69. The molecule has 3 fully saturated rings. The van der Waals surface area contributed by atoms with E-state index in [1.807, 2.05) is 66.7 Å². The maximum Gasteiger partial charge on any atom is 0.305 e. The molecule has 2 saturated carbocycles. The molecular weight excluding hydrogens is 738 g/mol. The van der Waals surface area contributed by atoms with Gasteiger partial charge in [0.2, 0.25) is 11.8 Å². The van der Waals surface area contributed by atoms with Gasteiger partial charge in [0.1, 0.15) is 0 Å². The Morgan fingerprint density at radius 1 is 0.940 bits per heavy atom. The first kappa shape index (κ1) is 31.6. The lowest BCUT2D eigenvalue weighted by Gasteiger charge is -2.43. The van der Waals surface area contributed by atoms with E-state index in [9.17, 15) is 19.2 Å². The van der Waals surface area contributed by atoms with Crippen molar-refractivity contribution in [2.24, 2.45) is 29.6 Å². The summed E-state index contributed by atoms with van der Waals surface area (Å²) in [6.45, 7) is -0.217. The molecule has 50 heavy (non-hydrogen) atoms. The van der Waals surface area contributed by atoms with E-state index in [4.69, 9.17) is 9.47 Å². The summed E-state index contributed by atoms with van der Waals surface area (Å²) in [5.41, 5.74) is 2.24. The first-order chi connectivity index (χ1) is 24.3. The predicted molar refractivity (Wildman–Crippen MR) is 196 cm³/mol. The number of amides is 3. The molecular formula is C38H30BrN3O6S2. The maximum absolute atomic E-state index is 14.1. The van der Waals surface area contributed by atoms with Gasteiger partial charge in [-0.3, -0.25) is 24.1 Å². The molecule has 1 aromatic heterocycles. The summed E-state index contributed by atoms with van der Waals surface area (Å²) in [6.07, 6.45) is 0.795. The molecule has 2 N–H and O–H groups in total. The van der Waals surface area contributed by atoms with Crippen molar-refractivity contribution < 1.29 is 23.9 Å². The lowest BCUT2D eigenvalue weighted by molar-refractivity contribution is -0.123. The molecule has 0 spiro atoms. The monoisotopic (exact) mass is 767 g/mol. The lowest BCUT2D eigenvalue weighted by atomic mass is 9.68. The second-order valence-corrected chi connectivity index (χ2v) is 16.3. The van der Waals surface area contributed by atoms with Gasteiger partial charge in [-0.2, -0.15) is 0 Å². The normalized spacial score (nSPS) is 26.1. The van der Waals surface area contributed by atoms with Crippen LogP contribution in [0.2, 0.25) is 0 Å². The molecule has 4 aliphatic rings. The number of nitrogens with zero attached hydrogens (tertiary/aromatic N) is 1. The Bertz CT molecular complexity index is 2270. The second kappa shape index (κ2) is 12.1. The van der Waals surface area contributed by atoms with Gasteiger partial charge in [-0.25, -0.2) is 0 Å². The van der Waals surface area contributed by atoms with E-state index in [2.05, 4.69) is 26.2 Å². The number of methoxy groups -OCH3 is 1. The number of hydrogen-bond acceptors (Lipinski definition) is 8. The second-order valence-electron chi connectivity index (χ2n) is 13.2. The predicted octanol–water partition coefficient (Wildman–Crippen LogP) is 7.06. The van der Waals surface area contributed by atoms with Crippen molar-refractivity contribution in [2.45, 2.75) is 22.6 Å². The molecule has 0 radical (unpaired) electrons.